The Labute approximate surface area is 95.5 Å². The van der Waals surface area contributed by atoms with Crippen LogP contribution in [0.4, 0.5) is 5.69 Å². The van der Waals surface area contributed by atoms with Crippen LogP contribution in [0.15, 0.2) is 24.3 Å². The van der Waals surface area contributed by atoms with Gasteiger partial charge < -0.3 is 10.4 Å². The molecule has 1 aliphatic rings. The van der Waals surface area contributed by atoms with E-state index >= 15 is 0 Å². The maximum atomic E-state index is 10.8. The predicted molar refractivity (Wildman–Crippen MR) is 63.8 cm³/mol. The Morgan fingerprint density at radius 3 is 2.88 bits per heavy atom. The molecule has 2 N–H and O–H groups in total. The molecule has 0 saturated heterocycles. The third-order valence-corrected chi connectivity index (χ3v) is 3.09. The Kier molecular flexibility index (Phi) is 3.13. The first-order chi connectivity index (χ1) is 7.70. The summed E-state index contributed by atoms with van der Waals surface area (Å²) in [6.45, 7) is 2.16. The fourth-order valence-electron chi connectivity index (χ4n) is 2.01. The second-order valence-electron chi connectivity index (χ2n) is 4.38. The number of nitrogens with one attached hydrogen (secondary N) is 1. The maximum Gasteiger partial charge on any atom is 0.335 e. The monoisotopic (exact) mass is 219 g/mol. The molecule has 1 saturated carbocycles. The average Bonchev–Trinajstić information content (AvgIpc) is 3.10. The van der Waals surface area contributed by atoms with E-state index in [4.69, 9.17) is 5.11 Å². The molecule has 0 heterocycles. The zero-order valence-electron chi connectivity index (χ0n) is 9.44. The van der Waals surface area contributed by atoms with Crippen LogP contribution in [0.2, 0.25) is 0 Å². The lowest BCUT2D eigenvalue weighted by atomic mass is 10.1. The molecule has 0 spiro atoms. The van der Waals surface area contributed by atoms with E-state index in [1.54, 1.807) is 18.2 Å². The Morgan fingerprint density at radius 1 is 1.56 bits per heavy atom. The minimum atomic E-state index is -0.872. The second-order valence-corrected chi connectivity index (χ2v) is 4.38. The molecule has 1 unspecified atom stereocenters. The number of benzene rings is 1. The van der Waals surface area contributed by atoms with Gasteiger partial charge in [-0.1, -0.05) is 13.0 Å². The Bertz CT molecular complexity index is 385. The highest BCUT2D eigenvalue weighted by Gasteiger charge is 2.29. The highest BCUT2D eigenvalue weighted by molar-refractivity contribution is 5.88. The van der Waals surface area contributed by atoms with E-state index in [1.165, 1.54) is 12.8 Å². The van der Waals surface area contributed by atoms with Crippen LogP contribution >= 0.6 is 0 Å². The standard InChI is InChI=1S/C13H17NO2/c1-2-12(9-6-7-9)14-11-5-3-4-10(8-11)13(15)16/h3-5,8-9,12,14H,2,6-7H2,1H3,(H,15,16). The van der Waals surface area contributed by atoms with Gasteiger partial charge in [0.05, 0.1) is 5.56 Å². The molecular weight excluding hydrogens is 202 g/mol. The van der Waals surface area contributed by atoms with Crippen LogP contribution in [0.25, 0.3) is 0 Å². The quantitative estimate of drug-likeness (QED) is 0.800. The summed E-state index contributed by atoms with van der Waals surface area (Å²) >= 11 is 0. The first-order valence-electron chi connectivity index (χ1n) is 5.80. The SMILES string of the molecule is CCC(Nc1cccc(C(=O)O)c1)C1CC1. The van der Waals surface area contributed by atoms with Crippen LogP contribution in [0.1, 0.15) is 36.5 Å². The number of aromatic carboxylic acids is 1. The largest absolute Gasteiger partial charge is 0.478 e. The van der Waals surface area contributed by atoms with Gasteiger partial charge in [-0.25, -0.2) is 4.79 Å². The topological polar surface area (TPSA) is 49.3 Å². The fourth-order valence-corrected chi connectivity index (χ4v) is 2.01. The van der Waals surface area contributed by atoms with Gasteiger partial charge in [0.2, 0.25) is 0 Å². The van der Waals surface area contributed by atoms with Gasteiger partial charge in [0.25, 0.3) is 0 Å². The first kappa shape index (κ1) is 11.0. The van der Waals surface area contributed by atoms with Gasteiger partial charge >= 0.3 is 5.97 Å². The van der Waals surface area contributed by atoms with Crippen molar-refractivity contribution >= 4 is 11.7 Å². The molecule has 0 bridgehead atoms. The molecule has 1 aromatic rings. The number of carbonyl (C=O) groups is 1. The molecule has 0 aromatic heterocycles. The van der Waals surface area contributed by atoms with E-state index in [0.29, 0.717) is 11.6 Å². The summed E-state index contributed by atoms with van der Waals surface area (Å²) < 4.78 is 0. The molecule has 1 fully saturated rings. The van der Waals surface area contributed by atoms with Crippen LogP contribution in [-0.2, 0) is 0 Å². The second kappa shape index (κ2) is 4.56. The van der Waals surface area contributed by atoms with Crippen molar-refractivity contribution in [3.63, 3.8) is 0 Å². The summed E-state index contributed by atoms with van der Waals surface area (Å²) in [4.78, 5) is 10.8. The van der Waals surface area contributed by atoms with Crippen LogP contribution in [0, 0.1) is 5.92 Å². The van der Waals surface area contributed by atoms with Gasteiger partial charge in [-0.05, 0) is 43.4 Å². The number of carboxylic acid groups (broad SMARTS) is 1. The summed E-state index contributed by atoms with van der Waals surface area (Å²) in [5.41, 5.74) is 1.26. The highest BCUT2D eigenvalue weighted by Crippen LogP contribution is 2.35. The maximum absolute atomic E-state index is 10.8. The predicted octanol–water partition coefficient (Wildman–Crippen LogP) is 2.99. The third-order valence-electron chi connectivity index (χ3n) is 3.09. The molecule has 0 aliphatic heterocycles. The molecule has 2 rings (SSSR count). The molecule has 1 aromatic carbocycles. The van der Waals surface area contributed by atoms with Crippen molar-refractivity contribution < 1.29 is 9.90 Å². The summed E-state index contributed by atoms with van der Waals surface area (Å²) in [6, 6.07) is 7.52. The normalized spacial score (nSPS) is 16.8. The van der Waals surface area contributed by atoms with Crippen molar-refractivity contribution in [3.8, 4) is 0 Å². The van der Waals surface area contributed by atoms with E-state index in [0.717, 1.165) is 18.0 Å². The minimum Gasteiger partial charge on any atom is -0.478 e. The van der Waals surface area contributed by atoms with E-state index in [9.17, 15) is 4.79 Å². The van der Waals surface area contributed by atoms with Crippen molar-refractivity contribution in [2.45, 2.75) is 32.2 Å². The highest BCUT2D eigenvalue weighted by atomic mass is 16.4. The molecular formula is C13H17NO2. The Morgan fingerprint density at radius 2 is 2.31 bits per heavy atom. The lowest BCUT2D eigenvalue weighted by Gasteiger charge is -2.17. The zero-order valence-corrected chi connectivity index (χ0v) is 9.44. The Balaban J connectivity index is 2.07. The minimum absolute atomic E-state index is 0.343. The van der Waals surface area contributed by atoms with Crippen molar-refractivity contribution in [3.05, 3.63) is 29.8 Å². The molecule has 3 heteroatoms. The number of hydrogen-bond donors (Lipinski definition) is 2. The molecule has 1 aliphatic carbocycles. The van der Waals surface area contributed by atoms with E-state index < -0.39 is 5.97 Å². The van der Waals surface area contributed by atoms with Crippen molar-refractivity contribution in [1.82, 2.24) is 0 Å². The van der Waals surface area contributed by atoms with E-state index in [-0.39, 0.29) is 0 Å². The lowest BCUT2D eigenvalue weighted by Crippen LogP contribution is -2.20. The molecule has 0 amide bonds. The van der Waals surface area contributed by atoms with Gasteiger partial charge in [-0.15, -0.1) is 0 Å². The van der Waals surface area contributed by atoms with Crippen molar-refractivity contribution in [2.24, 2.45) is 5.92 Å². The molecule has 0 radical (unpaired) electrons. The zero-order chi connectivity index (χ0) is 11.5. The van der Waals surface area contributed by atoms with Gasteiger partial charge in [-0.3, -0.25) is 0 Å². The number of carboxylic acids is 1. The molecule has 16 heavy (non-hydrogen) atoms. The van der Waals surface area contributed by atoms with Crippen molar-refractivity contribution in [1.29, 1.82) is 0 Å². The average molecular weight is 219 g/mol. The number of hydrogen-bond acceptors (Lipinski definition) is 2. The summed E-state index contributed by atoms with van der Waals surface area (Å²) in [5.74, 6) is -0.0957. The molecule has 3 nitrogen and oxygen atoms in total. The van der Waals surface area contributed by atoms with Crippen LogP contribution in [0.5, 0.6) is 0 Å². The van der Waals surface area contributed by atoms with Crippen LogP contribution in [-0.4, -0.2) is 17.1 Å². The summed E-state index contributed by atoms with van der Waals surface area (Å²) in [6.07, 6.45) is 3.68. The molecule has 86 valence electrons. The summed E-state index contributed by atoms with van der Waals surface area (Å²) in [7, 11) is 0. The van der Waals surface area contributed by atoms with E-state index in [2.05, 4.69) is 12.2 Å². The number of rotatable bonds is 5. The van der Waals surface area contributed by atoms with Crippen LogP contribution < -0.4 is 5.32 Å². The Hall–Kier alpha value is -1.51. The lowest BCUT2D eigenvalue weighted by molar-refractivity contribution is 0.0697. The smallest absolute Gasteiger partial charge is 0.335 e. The van der Waals surface area contributed by atoms with E-state index in [1.807, 2.05) is 6.07 Å². The summed E-state index contributed by atoms with van der Waals surface area (Å²) in [5, 5.41) is 12.3. The third kappa shape index (κ3) is 2.54. The van der Waals surface area contributed by atoms with Gasteiger partial charge in [0, 0.05) is 11.7 Å². The van der Waals surface area contributed by atoms with Gasteiger partial charge in [0.15, 0.2) is 0 Å². The molecule has 1 atom stereocenters. The first-order valence-corrected chi connectivity index (χ1v) is 5.80. The van der Waals surface area contributed by atoms with Crippen molar-refractivity contribution in [2.75, 3.05) is 5.32 Å². The fraction of sp³-hybridized carbons (Fsp3) is 0.462. The van der Waals surface area contributed by atoms with Crippen LogP contribution in [0.3, 0.4) is 0 Å². The van der Waals surface area contributed by atoms with Gasteiger partial charge in [-0.2, -0.15) is 0 Å². The number of anilines is 1. The van der Waals surface area contributed by atoms with Gasteiger partial charge in [0.1, 0.15) is 0 Å².